The average molecular weight is 404 g/mol. The fraction of sp³-hybridized carbons (Fsp3) is 0.333. The summed E-state index contributed by atoms with van der Waals surface area (Å²) in [4.78, 5) is 18.6. The standard InChI is InChI=1S/C21H19F3N2O3/c1-28-20(27)16-3-2-4-17-18(16)29-19(25-17)14-9-10-26(12-14)11-13-5-7-15(8-6-13)21(22,23)24/h2-8,14H,9-12H2,1H3/t14-/m0/s1. The fourth-order valence-corrected chi connectivity index (χ4v) is 3.65. The van der Waals surface area contributed by atoms with E-state index in [1.165, 1.54) is 19.2 Å². The van der Waals surface area contributed by atoms with Crippen LogP contribution in [0.2, 0.25) is 0 Å². The van der Waals surface area contributed by atoms with Gasteiger partial charge >= 0.3 is 12.1 Å². The van der Waals surface area contributed by atoms with E-state index >= 15 is 0 Å². The summed E-state index contributed by atoms with van der Waals surface area (Å²) >= 11 is 0. The molecule has 1 saturated heterocycles. The zero-order valence-corrected chi connectivity index (χ0v) is 15.7. The second-order valence-corrected chi connectivity index (χ2v) is 7.11. The third-order valence-electron chi connectivity index (χ3n) is 5.15. The maximum atomic E-state index is 12.7. The predicted octanol–water partition coefficient (Wildman–Crippen LogP) is 4.62. The third-order valence-corrected chi connectivity index (χ3v) is 5.15. The summed E-state index contributed by atoms with van der Waals surface area (Å²) in [6.07, 6.45) is -3.51. The predicted molar refractivity (Wildman–Crippen MR) is 99.4 cm³/mol. The Morgan fingerprint density at radius 1 is 1.24 bits per heavy atom. The summed E-state index contributed by atoms with van der Waals surface area (Å²) in [5.74, 6) is 0.141. The van der Waals surface area contributed by atoms with Crippen LogP contribution in [0.1, 0.15) is 39.7 Å². The van der Waals surface area contributed by atoms with Gasteiger partial charge in [0, 0.05) is 19.0 Å². The highest BCUT2D eigenvalue weighted by atomic mass is 19.4. The van der Waals surface area contributed by atoms with Crippen molar-refractivity contribution in [3.05, 3.63) is 65.0 Å². The molecule has 0 aliphatic carbocycles. The second-order valence-electron chi connectivity index (χ2n) is 7.11. The first-order chi connectivity index (χ1) is 13.8. The number of carbonyl (C=O) groups excluding carboxylic acids is 1. The van der Waals surface area contributed by atoms with E-state index < -0.39 is 17.7 Å². The number of methoxy groups -OCH3 is 1. The van der Waals surface area contributed by atoms with Crippen molar-refractivity contribution in [2.24, 2.45) is 0 Å². The molecule has 3 aromatic rings. The Morgan fingerprint density at radius 3 is 2.69 bits per heavy atom. The Balaban J connectivity index is 1.47. The second kappa shape index (κ2) is 7.51. The summed E-state index contributed by atoms with van der Waals surface area (Å²) < 4.78 is 48.8. The summed E-state index contributed by atoms with van der Waals surface area (Å²) in [5, 5.41) is 0. The lowest BCUT2D eigenvalue weighted by Crippen LogP contribution is -2.20. The average Bonchev–Trinajstić information content (AvgIpc) is 3.33. The number of carbonyl (C=O) groups is 1. The van der Waals surface area contributed by atoms with Crippen molar-refractivity contribution in [3.63, 3.8) is 0 Å². The number of ether oxygens (including phenoxy) is 1. The van der Waals surface area contributed by atoms with Crippen molar-refractivity contribution in [1.29, 1.82) is 0 Å². The van der Waals surface area contributed by atoms with Gasteiger partial charge in [-0.05, 0) is 42.8 Å². The van der Waals surface area contributed by atoms with Crippen LogP contribution in [0, 0.1) is 0 Å². The van der Waals surface area contributed by atoms with Crippen LogP contribution in [-0.4, -0.2) is 36.1 Å². The van der Waals surface area contributed by atoms with Crippen LogP contribution in [-0.2, 0) is 17.5 Å². The van der Waals surface area contributed by atoms with Crippen molar-refractivity contribution in [2.45, 2.75) is 25.1 Å². The normalized spacial score (nSPS) is 17.7. The molecular formula is C21H19F3N2O3. The first-order valence-corrected chi connectivity index (χ1v) is 9.21. The van der Waals surface area contributed by atoms with E-state index in [-0.39, 0.29) is 5.92 Å². The maximum absolute atomic E-state index is 12.7. The van der Waals surface area contributed by atoms with E-state index in [0.717, 1.165) is 30.7 Å². The van der Waals surface area contributed by atoms with Crippen molar-refractivity contribution in [2.75, 3.05) is 20.2 Å². The van der Waals surface area contributed by atoms with Gasteiger partial charge in [-0.3, -0.25) is 4.90 Å². The number of rotatable bonds is 4. The van der Waals surface area contributed by atoms with Crippen LogP contribution in [0.4, 0.5) is 13.2 Å². The molecule has 5 nitrogen and oxygen atoms in total. The Bertz CT molecular complexity index is 1030. The molecule has 0 radical (unpaired) electrons. The fourth-order valence-electron chi connectivity index (χ4n) is 3.65. The lowest BCUT2D eigenvalue weighted by atomic mass is 10.1. The molecule has 0 spiro atoms. The number of hydrogen-bond acceptors (Lipinski definition) is 5. The largest absolute Gasteiger partial charge is 0.465 e. The maximum Gasteiger partial charge on any atom is 0.416 e. The van der Waals surface area contributed by atoms with Gasteiger partial charge < -0.3 is 9.15 Å². The molecule has 1 fully saturated rings. The Morgan fingerprint density at radius 2 is 2.00 bits per heavy atom. The molecule has 0 unspecified atom stereocenters. The minimum Gasteiger partial charge on any atom is -0.465 e. The number of halogens is 3. The molecule has 1 aliphatic rings. The summed E-state index contributed by atoms with van der Waals surface area (Å²) in [5.41, 5.74) is 1.53. The van der Waals surface area contributed by atoms with Gasteiger partial charge in [0.1, 0.15) is 11.1 Å². The monoisotopic (exact) mass is 404 g/mol. The van der Waals surface area contributed by atoms with E-state index in [9.17, 15) is 18.0 Å². The zero-order chi connectivity index (χ0) is 20.6. The van der Waals surface area contributed by atoms with Crippen LogP contribution in [0.5, 0.6) is 0 Å². The Kier molecular flexibility index (Phi) is 5.04. The molecule has 0 N–H and O–H groups in total. The number of hydrogen-bond donors (Lipinski definition) is 0. The molecule has 0 amide bonds. The SMILES string of the molecule is COC(=O)c1cccc2nc([C@H]3CCN(Cc4ccc(C(F)(F)F)cc4)C3)oc12. The van der Waals surface area contributed by atoms with E-state index in [0.29, 0.717) is 35.6 Å². The van der Waals surface area contributed by atoms with Gasteiger partial charge in [-0.15, -0.1) is 0 Å². The molecule has 0 bridgehead atoms. The van der Waals surface area contributed by atoms with Gasteiger partial charge in [0.05, 0.1) is 12.7 Å². The van der Waals surface area contributed by atoms with E-state index in [2.05, 4.69) is 9.88 Å². The highest BCUT2D eigenvalue weighted by Gasteiger charge is 2.31. The Hall–Kier alpha value is -2.87. The quantitative estimate of drug-likeness (QED) is 0.594. The molecule has 29 heavy (non-hydrogen) atoms. The van der Waals surface area contributed by atoms with Gasteiger partial charge in [-0.25, -0.2) is 9.78 Å². The number of esters is 1. The van der Waals surface area contributed by atoms with Crippen LogP contribution in [0.25, 0.3) is 11.1 Å². The molecule has 0 saturated carbocycles. The molecule has 4 rings (SSSR count). The van der Waals surface area contributed by atoms with Gasteiger partial charge in [-0.2, -0.15) is 13.2 Å². The van der Waals surface area contributed by atoms with Crippen LogP contribution in [0.3, 0.4) is 0 Å². The smallest absolute Gasteiger partial charge is 0.416 e. The molecule has 1 aromatic heterocycles. The topological polar surface area (TPSA) is 55.6 Å². The molecule has 8 heteroatoms. The summed E-state index contributed by atoms with van der Waals surface area (Å²) in [6.45, 7) is 2.03. The third kappa shape index (κ3) is 3.98. The first-order valence-electron chi connectivity index (χ1n) is 9.21. The van der Waals surface area contributed by atoms with Gasteiger partial charge in [0.25, 0.3) is 0 Å². The summed E-state index contributed by atoms with van der Waals surface area (Å²) in [6, 6.07) is 10.4. The highest BCUT2D eigenvalue weighted by molar-refractivity contribution is 6.00. The number of nitrogens with zero attached hydrogens (tertiary/aromatic N) is 2. The van der Waals surface area contributed by atoms with E-state index in [1.54, 1.807) is 18.2 Å². The number of likely N-dealkylation sites (tertiary alicyclic amines) is 1. The minimum atomic E-state index is -4.33. The lowest BCUT2D eigenvalue weighted by molar-refractivity contribution is -0.137. The number of alkyl halides is 3. The molecule has 1 atom stereocenters. The van der Waals surface area contributed by atoms with E-state index in [1.807, 2.05) is 0 Å². The molecule has 1 aliphatic heterocycles. The number of aromatic nitrogens is 1. The molecule has 2 heterocycles. The van der Waals surface area contributed by atoms with Gasteiger partial charge in [0.2, 0.25) is 0 Å². The summed E-state index contributed by atoms with van der Waals surface area (Å²) in [7, 11) is 1.31. The highest BCUT2D eigenvalue weighted by Crippen LogP contribution is 2.32. The van der Waals surface area contributed by atoms with Crippen molar-refractivity contribution in [1.82, 2.24) is 9.88 Å². The lowest BCUT2D eigenvalue weighted by Gasteiger charge is -2.16. The van der Waals surface area contributed by atoms with Crippen LogP contribution in [0.15, 0.2) is 46.9 Å². The van der Waals surface area contributed by atoms with Crippen LogP contribution >= 0.6 is 0 Å². The number of benzene rings is 2. The minimum absolute atomic E-state index is 0.0577. The molecule has 2 aromatic carbocycles. The Labute approximate surface area is 165 Å². The van der Waals surface area contributed by atoms with Crippen molar-refractivity contribution >= 4 is 17.1 Å². The van der Waals surface area contributed by atoms with E-state index in [4.69, 9.17) is 9.15 Å². The number of para-hydroxylation sites is 1. The van der Waals surface area contributed by atoms with Gasteiger partial charge in [0.15, 0.2) is 11.5 Å². The first kappa shape index (κ1) is 19.4. The van der Waals surface area contributed by atoms with Crippen LogP contribution < -0.4 is 0 Å². The van der Waals surface area contributed by atoms with Gasteiger partial charge in [-0.1, -0.05) is 18.2 Å². The van der Waals surface area contributed by atoms with Crippen molar-refractivity contribution in [3.8, 4) is 0 Å². The molecule has 152 valence electrons. The molecular weight excluding hydrogens is 385 g/mol. The zero-order valence-electron chi connectivity index (χ0n) is 15.7. The number of oxazole rings is 1. The van der Waals surface area contributed by atoms with Crippen molar-refractivity contribution < 1.29 is 27.1 Å². The number of fused-ring (bicyclic) bond motifs is 1.